The number of aromatic nitrogens is 4. The maximum absolute atomic E-state index is 12.8. The molecule has 0 aliphatic heterocycles. The summed E-state index contributed by atoms with van der Waals surface area (Å²) in [7, 11) is 0. The molecule has 0 unspecified atom stereocenters. The summed E-state index contributed by atoms with van der Waals surface area (Å²) in [6.45, 7) is 3.04. The Kier molecular flexibility index (Phi) is 2.98. The zero-order valence-corrected chi connectivity index (χ0v) is 10.0. The lowest BCUT2D eigenvalue weighted by atomic mass is 10.0. The number of aryl methyl sites for hydroxylation is 2. The quantitative estimate of drug-likeness (QED) is 0.860. The van der Waals surface area contributed by atoms with Crippen LogP contribution in [0.1, 0.15) is 22.6 Å². The van der Waals surface area contributed by atoms with Gasteiger partial charge in [-0.25, -0.2) is 0 Å². The predicted molar refractivity (Wildman–Crippen MR) is 58.8 cm³/mol. The Morgan fingerprint density at radius 3 is 2.47 bits per heavy atom. The third kappa shape index (κ3) is 2.27. The third-order valence-electron chi connectivity index (χ3n) is 2.55. The Morgan fingerprint density at radius 1 is 1.26 bits per heavy atom. The second-order valence-electron chi connectivity index (χ2n) is 3.94. The number of hydrogen-bond donors (Lipinski definition) is 1. The second-order valence-corrected chi connectivity index (χ2v) is 3.94. The van der Waals surface area contributed by atoms with Crippen molar-refractivity contribution in [2.45, 2.75) is 20.0 Å². The van der Waals surface area contributed by atoms with Crippen LogP contribution in [0.4, 0.5) is 13.2 Å². The summed E-state index contributed by atoms with van der Waals surface area (Å²) in [5.41, 5.74) is -0.376. The SMILES string of the molecule is Cc1cc(C#N)nnc1-c1c(C(F)(F)F)n[nH]c1C. The van der Waals surface area contributed by atoms with Crippen molar-refractivity contribution in [1.82, 2.24) is 20.4 Å². The molecule has 0 aliphatic carbocycles. The van der Waals surface area contributed by atoms with E-state index in [0.717, 1.165) is 0 Å². The summed E-state index contributed by atoms with van der Waals surface area (Å²) in [6, 6.07) is 3.16. The number of H-pyrrole nitrogens is 1. The fraction of sp³-hybridized carbons (Fsp3) is 0.273. The Hall–Kier alpha value is -2.43. The molecule has 0 saturated carbocycles. The smallest absolute Gasteiger partial charge is 0.282 e. The van der Waals surface area contributed by atoms with Gasteiger partial charge in [0.25, 0.3) is 0 Å². The van der Waals surface area contributed by atoms with Gasteiger partial charge in [0.05, 0.1) is 11.3 Å². The van der Waals surface area contributed by atoms with Gasteiger partial charge in [-0.3, -0.25) is 5.10 Å². The van der Waals surface area contributed by atoms with Gasteiger partial charge in [-0.15, -0.1) is 10.2 Å². The molecule has 0 aromatic carbocycles. The minimum atomic E-state index is -4.58. The lowest BCUT2D eigenvalue weighted by Gasteiger charge is -2.08. The van der Waals surface area contributed by atoms with E-state index >= 15 is 0 Å². The molecule has 0 atom stereocenters. The number of hydrogen-bond acceptors (Lipinski definition) is 4. The Bertz CT molecular complexity index is 666. The monoisotopic (exact) mass is 267 g/mol. The van der Waals surface area contributed by atoms with Crippen LogP contribution in [0.15, 0.2) is 6.07 Å². The molecule has 0 spiro atoms. The van der Waals surface area contributed by atoms with Crippen LogP contribution in [-0.4, -0.2) is 20.4 Å². The van der Waals surface area contributed by atoms with E-state index in [4.69, 9.17) is 5.26 Å². The van der Waals surface area contributed by atoms with Gasteiger partial charge in [0.15, 0.2) is 11.4 Å². The van der Waals surface area contributed by atoms with E-state index in [1.54, 1.807) is 13.0 Å². The van der Waals surface area contributed by atoms with Gasteiger partial charge >= 0.3 is 6.18 Å². The molecular formula is C11H8F3N5. The first-order chi connectivity index (χ1) is 8.84. The minimum absolute atomic E-state index is 0.0518. The summed E-state index contributed by atoms with van der Waals surface area (Å²) < 4.78 is 38.5. The zero-order chi connectivity index (χ0) is 14.2. The number of nitriles is 1. The van der Waals surface area contributed by atoms with Gasteiger partial charge in [-0.1, -0.05) is 0 Å². The summed E-state index contributed by atoms with van der Waals surface area (Å²) >= 11 is 0. The lowest BCUT2D eigenvalue weighted by Crippen LogP contribution is -2.08. The molecule has 5 nitrogen and oxygen atoms in total. The van der Waals surface area contributed by atoms with E-state index in [-0.39, 0.29) is 22.6 Å². The first kappa shape index (κ1) is 13.0. The van der Waals surface area contributed by atoms with Crippen LogP contribution in [0.25, 0.3) is 11.3 Å². The first-order valence-electron chi connectivity index (χ1n) is 5.21. The molecule has 2 heterocycles. The molecular weight excluding hydrogens is 259 g/mol. The molecule has 0 bridgehead atoms. The molecule has 0 radical (unpaired) electrons. The molecule has 0 fully saturated rings. The fourth-order valence-electron chi connectivity index (χ4n) is 1.71. The van der Waals surface area contributed by atoms with Crippen LogP contribution in [-0.2, 0) is 6.18 Å². The Morgan fingerprint density at radius 2 is 1.95 bits per heavy atom. The average molecular weight is 267 g/mol. The van der Waals surface area contributed by atoms with E-state index in [2.05, 4.69) is 20.4 Å². The van der Waals surface area contributed by atoms with E-state index in [9.17, 15) is 13.2 Å². The number of rotatable bonds is 1. The average Bonchev–Trinajstić information content (AvgIpc) is 2.71. The predicted octanol–water partition coefficient (Wildman–Crippen LogP) is 2.37. The summed E-state index contributed by atoms with van der Waals surface area (Å²) in [5, 5.41) is 21.5. The van der Waals surface area contributed by atoms with Gasteiger partial charge in [0.1, 0.15) is 6.07 Å². The van der Waals surface area contributed by atoms with Crippen molar-refractivity contribution >= 4 is 0 Å². The molecule has 0 amide bonds. The molecule has 2 rings (SSSR count). The zero-order valence-electron chi connectivity index (χ0n) is 10.0. The first-order valence-corrected chi connectivity index (χ1v) is 5.21. The third-order valence-corrected chi connectivity index (χ3v) is 2.55. The van der Waals surface area contributed by atoms with E-state index in [1.807, 2.05) is 0 Å². The van der Waals surface area contributed by atoms with Gasteiger partial charge in [0.2, 0.25) is 0 Å². The maximum atomic E-state index is 12.8. The summed E-state index contributed by atoms with van der Waals surface area (Å²) in [6.07, 6.45) is -4.58. The topological polar surface area (TPSA) is 78.2 Å². The molecule has 19 heavy (non-hydrogen) atoms. The van der Waals surface area contributed by atoms with Crippen molar-refractivity contribution in [3.63, 3.8) is 0 Å². The number of alkyl halides is 3. The van der Waals surface area contributed by atoms with Crippen molar-refractivity contribution in [1.29, 1.82) is 5.26 Å². The van der Waals surface area contributed by atoms with Crippen LogP contribution in [0, 0.1) is 25.2 Å². The van der Waals surface area contributed by atoms with E-state index < -0.39 is 11.9 Å². The molecule has 0 saturated heterocycles. The summed E-state index contributed by atoms with van der Waals surface area (Å²) in [4.78, 5) is 0. The molecule has 2 aromatic heterocycles. The minimum Gasteiger partial charge on any atom is -0.282 e. The van der Waals surface area contributed by atoms with Gasteiger partial charge < -0.3 is 0 Å². The Labute approximate surface area is 106 Å². The Balaban J connectivity index is 2.67. The maximum Gasteiger partial charge on any atom is 0.435 e. The van der Waals surface area contributed by atoms with Crippen LogP contribution in [0.3, 0.4) is 0 Å². The van der Waals surface area contributed by atoms with E-state index in [0.29, 0.717) is 5.56 Å². The number of nitrogens with zero attached hydrogens (tertiary/aromatic N) is 4. The molecule has 8 heteroatoms. The van der Waals surface area contributed by atoms with Crippen molar-refractivity contribution in [3.8, 4) is 17.3 Å². The van der Waals surface area contributed by atoms with Gasteiger partial charge in [-0.05, 0) is 25.5 Å². The van der Waals surface area contributed by atoms with Gasteiger partial charge in [-0.2, -0.15) is 23.5 Å². The van der Waals surface area contributed by atoms with Crippen LogP contribution in [0.5, 0.6) is 0 Å². The second kappa shape index (κ2) is 4.35. The highest BCUT2D eigenvalue weighted by Gasteiger charge is 2.38. The van der Waals surface area contributed by atoms with Crippen molar-refractivity contribution in [2.24, 2.45) is 0 Å². The molecule has 2 aromatic rings. The van der Waals surface area contributed by atoms with Crippen LogP contribution < -0.4 is 0 Å². The van der Waals surface area contributed by atoms with Crippen molar-refractivity contribution < 1.29 is 13.2 Å². The van der Waals surface area contributed by atoms with E-state index in [1.165, 1.54) is 13.0 Å². The highest BCUT2D eigenvalue weighted by molar-refractivity contribution is 5.68. The number of halogens is 3. The highest BCUT2D eigenvalue weighted by Crippen LogP contribution is 2.37. The highest BCUT2D eigenvalue weighted by atomic mass is 19.4. The molecule has 1 N–H and O–H groups in total. The van der Waals surface area contributed by atoms with Crippen LogP contribution in [0.2, 0.25) is 0 Å². The number of nitrogens with one attached hydrogen (secondary N) is 1. The van der Waals surface area contributed by atoms with Crippen LogP contribution >= 0.6 is 0 Å². The molecule has 98 valence electrons. The van der Waals surface area contributed by atoms with Gasteiger partial charge in [0, 0.05) is 5.69 Å². The molecule has 0 aliphatic rings. The largest absolute Gasteiger partial charge is 0.435 e. The lowest BCUT2D eigenvalue weighted by molar-refractivity contribution is -0.140. The standard InChI is InChI=1S/C11H8F3N5/c1-5-3-7(4-15)17-18-9(5)8-6(2)16-19-10(8)11(12,13)14/h3H,1-2H3,(H,16,19). The fourth-order valence-corrected chi connectivity index (χ4v) is 1.71. The number of aromatic amines is 1. The summed E-state index contributed by atoms with van der Waals surface area (Å²) in [5.74, 6) is 0. The van der Waals surface area contributed by atoms with Crippen molar-refractivity contribution in [3.05, 3.63) is 28.7 Å². The van der Waals surface area contributed by atoms with Crippen molar-refractivity contribution in [2.75, 3.05) is 0 Å². The normalized spacial score (nSPS) is 11.4.